The molecule has 0 saturated heterocycles. The fourth-order valence-corrected chi connectivity index (χ4v) is 2.36. The summed E-state index contributed by atoms with van der Waals surface area (Å²) in [5.41, 5.74) is 7.50. The topological polar surface area (TPSA) is 38.0 Å². The highest BCUT2D eigenvalue weighted by atomic mass is 79.9. The maximum absolute atomic E-state index is 6.13. The van der Waals surface area contributed by atoms with Crippen molar-refractivity contribution in [1.29, 1.82) is 0 Å². The first kappa shape index (κ1) is 11.1. The van der Waals surface area contributed by atoms with E-state index in [1.54, 1.807) is 0 Å². The Labute approximate surface area is 99.4 Å². The van der Waals surface area contributed by atoms with Crippen LogP contribution >= 0.6 is 15.9 Å². The van der Waals surface area contributed by atoms with Crippen molar-refractivity contribution in [3.05, 3.63) is 34.3 Å². The first-order valence-corrected chi connectivity index (χ1v) is 6.21. The van der Waals surface area contributed by atoms with Crippen LogP contribution in [0.25, 0.3) is 0 Å². The van der Waals surface area contributed by atoms with E-state index in [4.69, 9.17) is 5.73 Å². The molecule has 0 aliphatic heterocycles. The van der Waals surface area contributed by atoms with E-state index >= 15 is 0 Å². The van der Waals surface area contributed by atoms with Gasteiger partial charge < -0.3 is 11.1 Å². The molecule has 15 heavy (non-hydrogen) atoms. The first-order chi connectivity index (χ1) is 7.18. The van der Waals surface area contributed by atoms with Crippen molar-refractivity contribution in [3.63, 3.8) is 0 Å². The molecule has 82 valence electrons. The largest absolute Gasteiger partial charge is 0.324 e. The molecule has 1 aromatic rings. The molecule has 0 amide bonds. The molecule has 0 bridgehead atoms. The average Bonchev–Trinajstić information content (AvgIpc) is 2.15. The Morgan fingerprint density at radius 3 is 2.80 bits per heavy atom. The molecule has 0 radical (unpaired) electrons. The van der Waals surface area contributed by atoms with E-state index in [0.717, 1.165) is 17.6 Å². The van der Waals surface area contributed by atoms with E-state index in [1.165, 1.54) is 24.8 Å². The van der Waals surface area contributed by atoms with Gasteiger partial charge >= 0.3 is 0 Å². The zero-order valence-electron chi connectivity index (χ0n) is 8.80. The lowest BCUT2D eigenvalue weighted by atomic mass is 9.78. The third kappa shape index (κ3) is 3.03. The Hall–Kier alpha value is -0.380. The second kappa shape index (κ2) is 4.64. The molecule has 0 spiro atoms. The van der Waals surface area contributed by atoms with Crippen molar-refractivity contribution in [3.8, 4) is 0 Å². The summed E-state index contributed by atoms with van der Waals surface area (Å²) in [4.78, 5) is 0. The highest BCUT2D eigenvalue weighted by Gasteiger charge is 2.31. The van der Waals surface area contributed by atoms with Gasteiger partial charge in [0.15, 0.2) is 0 Å². The summed E-state index contributed by atoms with van der Waals surface area (Å²) in [5, 5.41) is 3.43. The highest BCUT2D eigenvalue weighted by Crippen LogP contribution is 2.28. The number of halogens is 1. The predicted octanol–water partition coefficient (Wildman–Crippen LogP) is 2.42. The molecule has 0 unspecified atom stereocenters. The molecule has 0 heterocycles. The summed E-state index contributed by atoms with van der Waals surface area (Å²) in [6.07, 6.45) is 3.62. The van der Waals surface area contributed by atoms with Crippen molar-refractivity contribution in [2.75, 3.05) is 6.54 Å². The van der Waals surface area contributed by atoms with Gasteiger partial charge in [0.1, 0.15) is 0 Å². The quantitative estimate of drug-likeness (QED) is 0.881. The van der Waals surface area contributed by atoms with Crippen molar-refractivity contribution < 1.29 is 0 Å². The van der Waals surface area contributed by atoms with Crippen LogP contribution in [0.4, 0.5) is 0 Å². The molecular weight excluding hydrogens is 252 g/mol. The van der Waals surface area contributed by atoms with Gasteiger partial charge in [0.05, 0.1) is 0 Å². The number of hydrogen-bond donors (Lipinski definition) is 2. The van der Waals surface area contributed by atoms with Gasteiger partial charge in [0.25, 0.3) is 0 Å². The van der Waals surface area contributed by atoms with Crippen molar-refractivity contribution in [2.24, 2.45) is 5.73 Å². The van der Waals surface area contributed by atoms with Crippen LogP contribution in [0, 0.1) is 0 Å². The van der Waals surface area contributed by atoms with E-state index in [-0.39, 0.29) is 5.54 Å². The van der Waals surface area contributed by atoms with Crippen LogP contribution < -0.4 is 11.1 Å². The number of benzene rings is 1. The minimum absolute atomic E-state index is 0.0754. The highest BCUT2D eigenvalue weighted by molar-refractivity contribution is 9.10. The van der Waals surface area contributed by atoms with E-state index in [1.807, 2.05) is 6.07 Å². The third-order valence-electron chi connectivity index (χ3n) is 3.04. The SMILES string of the molecule is NC1(CNCc2cccc(Br)c2)CCC1. The molecule has 3 N–H and O–H groups in total. The Bertz CT molecular complexity index is 334. The van der Waals surface area contributed by atoms with Gasteiger partial charge in [-0.2, -0.15) is 0 Å². The van der Waals surface area contributed by atoms with Crippen molar-refractivity contribution in [1.82, 2.24) is 5.32 Å². The molecule has 2 nitrogen and oxygen atoms in total. The number of rotatable bonds is 4. The molecule has 3 heteroatoms. The maximum Gasteiger partial charge on any atom is 0.0281 e. The second-order valence-electron chi connectivity index (χ2n) is 4.45. The minimum Gasteiger partial charge on any atom is -0.324 e. The molecule has 2 rings (SSSR count). The van der Waals surface area contributed by atoms with Gasteiger partial charge in [-0.25, -0.2) is 0 Å². The molecule has 1 aromatic carbocycles. The van der Waals surface area contributed by atoms with Crippen LogP contribution in [-0.2, 0) is 6.54 Å². The number of hydrogen-bond acceptors (Lipinski definition) is 2. The fourth-order valence-electron chi connectivity index (χ4n) is 1.91. The van der Waals surface area contributed by atoms with E-state index in [9.17, 15) is 0 Å². The Balaban J connectivity index is 1.78. The van der Waals surface area contributed by atoms with E-state index < -0.39 is 0 Å². The van der Waals surface area contributed by atoms with E-state index in [2.05, 4.69) is 39.4 Å². The van der Waals surface area contributed by atoms with E-state index in [0.29, 0.717) is 0 Å². The molecule has 1 aliphatic carbocycles. The normalized spacial score (nSPS) is 18.5. The van der Waals surface area contributed by atoms with Crippen LogP contribution in [0.5, 0.6) is 0 Å². The lowest BCUT2D eigenvalue weighted by molar-refractivity contribution is 0.239. The van der Waals surface area contributed by atoms with Crippen LogP contribution in [0.2, 0.25) is 0 Å². The zero-order chi connectivity index (χ0) is 10.7. The summed E-state index contributed by atoms with van der Waals surface area (Å²) >= 11 is 3.47. The monoisotopic (exact) mass is 268 g/mol. The average molecular weight is 269 g/mol. The maximum atomic E-state index is 6.13. The molecule has 1 aliphatic rings. The zero-order valence-corrected chi connectivity index (χ0v) is 10.4. The Kier molecular flexibility index (Phi) is 3.44. The number of nitrogens with two attached hydrogens (primary N) is 1. The summed E-state index contributed by atoms with van der Waals surface area (Å²) in [7, 11) is 0. The molecule has 0 aromatic heterocycles. The minimum atomic E-state index is 0.0754. The summed E-state index contributed by atoms with van der Waals surface area (Å²) in [5.74, 6) is 0. The lowest BCUT2D eigenvalue weighted by Crippen LogP contribution is -2.53. The Morgan fingerprint density at radius 2 is 2.20 bits per heavy atom. The fraction of sp³-hybridized carbons (Fsp3) is 0.500. The van der Waals surface area contributed by atoms with Crippen LogP contribution in [0.3, 0.4) is 0 Å². The van der Waals surface area contributed by atoms with Gasteiger partial charge in [-0.05, 0) is 37.0 Å². The van der Waals surface area contributed by atoms with Gasteiger partial charge in [0, 0.05) is 23.1 Å². The van der Waals surface area contributed by atoms with Crippen LogP contribution in [0.15, 0.2) is 28.7 Å². The van der Waals surface area contributed by atoms with Gasteiger partial charge in [-0.1, -0.05) is 28.1 Å². The van der Waals surface area contributed by atoms with Gasteiger partial charge in [-0.15, -0.1) is 0 Å². The van der Waals surface area contributed by atoms with Crippen LogP contribution in [0.1, 0.15) is 24.8 Å². The number of nitrogens with one attached hydrogen (secondary N) is 1. The first-order valence-electron chi connectivity index (χ1n) is 5.42. The standard InChI is InChI=1S/C12H17BrN2/c13-11-4-1-3-10(7-11)8-15-9-12(14)5-2-6-12/h1,3-4,7,15H,2,5-6,8-9,14H2. The summed E-state index contributed by atoms with van der Waals surface area (Å²) in [6, 6.07) is 8.36. The van der Waals surface area contributed by atoms with Gasteiger partial charge in [-0.3, -0.25) is 0 Å². The van der Waals surface area contributed by atoms with Gasteiger partial charge in [0.2, 0.25) is 0 Å². The third-order valence-corrected chi connectivity index (χ3v) is 3.54. The summed E-state index contributed by atoms with van der Waals surface area (Å²) in [6.45, 7) is 1.83. The molecule has 0 atom stereocenters. The molecule has 1 fully saturated rings. The van der Waals surface area contributed by atoms with Crippen LogP contribution in [-0.4, -0.2) is 12.1 Å². The smallest absolute Gasteiger partial charge is 0.0281 e. The summed E-state index contributed by atoms with van der Waals surface area (Å²) < 4.78 is 1.13. The Morgan fingerprint density at radius 1 is 1.40 bits per heavy atom. The van der Waals surface area contributed by atoms with Crippen molar-refractivity contribution >= 4 is 15.9 Å². The van der Waals surface area contributed by atoms with Crippen molar-refractivity contribution in [2.45, 2.75) is 31.3 Å². The lowest BCUT2D eigenvalue weighted by Gasteiger charge is -2.38. The molecule has 1 saturated carbocycles. The second-order valence-corrected chi connectivity index (χ2v) is 5.37. The molecular formula is C12H17BrN2. The predicted molar refractivity (Wildman–Crippen MR) is 66.6 cm³/mol.